The van der Waals surface area contributed by atoms with Gasteiger partial charge in [0.05, 0.1) is 0 Å². The van der Waals surface area contributed by atoms with Gasteiger partial charge in [-0.2, -0.15) is 0 Å². The molecule has 2 unspecified atom stereocenters. The smallest absolute Gasteiger partial charge is 0.237 e. The van der Waals surface area contributed by atoms with Crippen LogP contribution in [-0.4, -0.2) is 53.8 Å². The van der Waals surface area contributed by atoms with E-state index in [1.165, 1.54) is 0 Å². The van der Waals surface area contributed by atoms with Crippen molar-refractivity contribution in [2.75, 3.05) is 26.0 Å². The minimum absolute atomic E-state index is 0.0495. The largest absolute Gasteiger partial charge is 0.339 e. The van der Waals surface area contributed by atoms with Crippen LogP contribution in [0, 0.1) is 0 Å². The molecule has 0 radical (unpaired) electrons. The highest BCUT2D eigenvalue weighted by molar-refractivity contribution is 6.27. The molecule has 1 aliphatic heterocycles. The summed E-state index contributed by atoms with van der Waals surface area (Å²) >= 11 is 5.51. The number of amides is 1. The molecule has 0 spiro atoms. The van der Waals surface area contributed by atoms with Crippen LogP contribution in [0.3, 0.4) is 0 Å². The first-order valence-electron chi connectivity index (χ1n) is 4.62. The molecule has 0 aliphatic carbocycles. The van der Waals surface area contributed by atoms with E-state index in [0.717, 1.165) is 13.1 Å². The van der Waals surface area contributed by atoms with E-state index in [1.807, 2.05) is 4.90 Å². The molecule has 76 valence electrons. The van der Waals surface area contributed by atoms with Crippen molar-refractivity contribution < 1.29 is 4.79 Å². The summed E-state index contributed by atoms with van der Waals surface area (Å²) in [5.41, 5.74) is 0. The molecule has 1 amide bonds. The number of rotatable bonds is 1. The fourth-order valence-corrected chi connectivity index (χ4v) is 1.86. The molecular weight excluding hydrogens is 188 g/mol. The van der Waals surface area contributed by atoms with Crippen LogP contribution in [0.5, 0.6) is 0 Å². The van der Waals surface area contributed by atoms with E-state index in [9.17, 15) is 4.79 Å². The van der Waals surface area contributed by atoms with Crippen LogP contribution < -0.4 is 0 Å². The second kappa shape index (κ2) is 4.29. The summed E-state index contributed by atoms with van der Waals surface area (Å²) in [6, 6.07) is 0.854. The minimum atomic E-state index is 0.0495. The number of piperazine rings is 1. The normalized spacial score (nSPS) is 30.6. The average molecular weight is 205 g/mol. The van der Waals surface area contributed by atoms with Gasteiger partial charge in [-0.25, -0.2) is 0 Å². The van der Waals surface area contributed by atoms with E-state index in [2.05, 4.69) is 25.8 Å². The van der Waals surface area contributed by atoms with E-state index < -0.39 is 0 Å². The van der Waals surface area contributed by atoms with Gasteiger partial charge in [0.25, 0.3) is 0 Å². The summed E-state index contributed by atoms with van der Waals surface area (Å²) < 4.78 is 0. The minimum Gasteiger partial charge on any atom is -0.339 e. The van der Waals surface area contributed by atoms with Crippen LogP contribution in [0.2, 0.25) is 0 Å². The van der Waals surface area contributed by atoms with Crippen molar-refractivity contribution in [3.63, 3.8) is 0 Å². The van der Waals surface area contributed by atoms with Gasteiger partial charge in [0.15, 0.2) is 0 Å². The van der Waals surface area contributed by atoms with Crippen molar-refractivity contribution in [3.8, 4) is 0 Å². The Kier molecular flexibility index (Phi) is 3.56. The van der Waals surface area contributed by atoms with Crippen LogP contribution in [0.4, 0.5) is 0 Å². The van der Waals surface area contributed by atoms with Gasteiger partial charge in [-0.3, -0.25) is 9.69 Å². The molecule has 0 saturated carbocycles. The average Bonchev–Trinajstić information content (AvgIpc) is 2.12. The molecule has 0 bridgehead atoms. The van der Waals surface area contributed by atoms with Gasteiger partial charge in [-0.05, 0) is 20.9 Å². The SMILES string of the molecule is CC1CN(C(=O)CCl)CC(C)N1C. The molecule has 13 heavy (non-hydrogen) atoms. The molecule has 2 atom stereocenters. The van der Waals surface area contributed by atoms with E-state index in [4.69, 9.17) is 11.6 Å². The molecule has 1 rings (SSSR count). The Morgan fingerprint density at radius 1 is 1.38 bits per heavy atom. The molecule has 3 nitrogen and oxygen atoms in total. The third-order valence-corrected chi connectivity index (χ3v) is 3.06. The lowest BCUT2D eigenvalue weighted by molar-refractivity contribution is -0.132. The number of hydrogen-bond acceptors (Lipinski definition) is 2. The number of alkyl halides is 1. The lowest BCUT2D eigenvalue weighted by Gasteiger charge is -2.42. The van der Waals surface area contributed by atoms with Crippen LogP contribution in [0.25, 0.3) is 0 Å². The van der Waals surface area contributed by atoms with Gasteiger partial charge < -0.3 is 4.90 Å². The first kappa shape index (κ1) is 10.8. The molecule has 4 heteroatoms. The number of hydrogen-bond donors (Lipinski definition) is 0. The monoisotopic (exact) mass is 204 g/mol. The van der Waals surface area contributed by atoms with Gasteiger partial charge in [0.2, 0.25) is 5.91 Å². The highest BCUT2D eigenvalue weighted by Crippen LogP contribution is 2.13. The summed E-state index contributed by atoms with van der Waals surface area (Å²) in [6.45, 7) is 5.85. The highest BCUT2D eigenvalue weighted by Gasteiger charge is 2.28. The molecule has 1 heterocycles. The van der Waals surface area contributed by atoms with Crippen LogP contribution in [0.15, 0.2) is 0 Å². The molecular formula is C9H17ClN2O. The fraction of sp³-hybridized carbons (Fsp3) is 0.889. The Morgan fingerprint density at radius 3 is 2.23 bits per heavy atom. The Hall–Kier alpha value is -0.280. The lowest BCUT2D eigenvalue weighted by atomic mass is 10.1. The van der Waals surface area contributed by atoms with Gasteiger partial charge in [-0.1, -0.05) is 0 Å². The second-order valence-electron chi connectivity index (χ2n) is 3.80. The van der Waals surface area contributed by atoms with E-state index in [-0.39, 0.29) is 11.8 Å². The van der Waals surface area contributed by atoms with Crippen molar-refractivity contribution in [1.29, 1.82) is 0 Å². The zero-order valence-corrected chi connectivity index (χ0v) is 9.21. The Labute approximate surface area is 84.6 Å². The van der Waals surface area contributed by atoms with Crippen molar-refractivity contribution in [3.05, 3.63) is 0 Å². The van der Waals surface area contributed by atoms with Crippen LogP contribution in [0.1, 0.15) is 13.8 Å². The van der Waals surface area contributed by atoms with Crippen LogP contribution >= 0.6 is 11.6 Å². The maximum absolute atomic E-state index is 11.3. The highest BCUT2D eigenvalue weighted by atomic mass is 35.5. The first-order valence-corrected chi connectivity index (χ1v) is 5.15. The van der Waals surface area contributed by atoms with E-state index in [0.29, 0.717) is 12.1 Å². The topological polar surface area (TPSA) is 23.6 Å². The predicted molar refractivity (Wildman–Crippen MR) is 54.0 cm³/mol. The fourth-order valence-electron chi connectivity index (χ4n) is 1.69. The molecule has 1 aliphatic rings. The number of likely N-dealkylation sites (N-methyl/N-ethyl adjacent to an activating group) is 1. The first-order chi connectivity index (χ1) is 6.06. The maximum Gasteiger partial charge on any atom is 0.237 e. The van der Waals surface area contributed by atoms with Gasteiger partial charge in [0, 0.05) is 25.2 Å². The van der Waals surface area contributed by atoms with E-state index in [1.54, 1.807) is 0 Å². The summed E-state index contributed by atoms with van der Waals surface area (Å²) in [4.78, 5) is 15.5. The number of carbonyl (C=O) groups excluding carboxylic acids is 1. The zero-order valence-electron chi connectivity index (χ0n) is 8.46. The summed E-state index contributed by atoms with van der Waals surface area (Å²) in [5.74, 6) is 0.150. The third kappa shape index (κ3) is 2.35. The number of halogens is 1. The van der Waals surface area contributed by atoms with Gasteiger partial charge in [0.1, 0.15) is 5.88 Å². The predicted octanol–water partition coefficient (Wildman–Crippen LogP) is 0.776. The Morgan fingerprint density at radius 2 is 1.85 bits per heavy atom. The van der Waals surface area contributed by atoms with Gasteiger partial charge in [-0.15, -0.1) is 11.6 Å². The number of nitrogens with zero attached hydrogens (tertiary/aromatic N) is 2. The summed E-state index contributed by atoms with van der Waals surface area (Å²) in [7, 11) is 2.10. The quantitative estimate of drug-likeness (QED) is 0.590. The molecule has 0 aromatic rings. The molecule has 1 saturated heterocycles. The molecule has 0 aromatic heterocycles. The van der Waals surface area contributed by atoms with Crippen molar-refractivity contribution in [2.45, 2.75) is 25.9 Å². The van der Waals surface area contributed by atoms with Crippen LogP contribution in [-0.2, 0) is 4.79 Å². The van der Waals surface area contributed by atoms with E-state index >= 15 is 0 Å². The molecule has 0 N–H and O–H groups in total. The Bertz CT molecular complexity index is 186. The number of carbonyl (C=O) groups is 1. The third-order valence-electron chi connectivity index (χ3n) is 2.83. The Balaban J connectivity index is 2.58. The lowest BCUT2D eigenvalue weighted by Crippen LogP contribution is -2.56. The standard InChI is InChI=1S/C9H17ClN2O/c1-7-5-12(9(13)4-10)6-8(2)11(7)3/h7-8H,4-6H2,1-3H3. The summed E-state index contributed by atoms with van der Waals surface area (Å²) in [5, 5.41) is 0. The van der Waals surface area contributed by atoms with Crippen molar-refractivity contribution in [2.24, 2.45) is 0 Å². The molecule has 1 fully saturated rings. The van der Waals surface area contributed by atoms with Crippen molar-refractivity contribution in [1.82, 2.24) is 9.80 Å². The second-order valence-corrected chi connectivity index (χ2v) is 4.06. The summed E-state index contributed by atoms with van der Waals surface area (Å²) in [6.07, 6.45) is 0. The molecule has 0 aromatic carbocycles. The zero-order chi connectivity index (χ0) is 10.0. The maximum atomic E-state index is 11.3. The van der Waals surface area contributed by atoms with Crippen molar-refractivity contribution >= 4 is 17.5 Å². The van der Waals surface area contributed by atoms with Gasteiger partial charge >= 0.3 is 0 Å².